The van der Waals surface area contributed by atoms with Gasteiger partial charge >= 0.3 is 5.97 Å². The van der Waals surface area contributed by atoms with Gasteiger partial charge in [-0.2, -0.15) is 0 Å². The first kappa shape index (κ1) is 11.0. The molecular weight excluding hydrogens is 288 g/mol. The Morgan fingerprint density at radius 2 is 1.87 bits per heavy atom. The molecule has 0 saturated heterocycles. The Balaban J connectivity index is 5.23. The van der Waals surface area contributed by atoms with Crippen molar-refractivity contribution in [2.45, 2.75) is 70.8 Å². The molecule has 0 aromatic heterocycles. The molecular formula is C20H32O3. The lowest BCUT2D eigenvalue weighted by Gasteiger charge is -1.98. The number of rotatable bonds is 14. The highest BCUT2D eigenvalue weighted by Gasteiger charge is 1.94. The lowest BCUT2D eigenvalue weighted by atomic mass is 10.2. The molecule has 0 aromatic rings. The number of unbranched alkanes of at least 4 members (excludes halogenated alkanes) is 2. The van der Waals surface area contributed by atoms with Crippen LogP contribution in [-0.4, -0.2) is 22.3 Å². The molecule has 0 aliphatic carbocycles. The summed E-state index contributed by atoms with van der Waals surface area (Å²) < 4.78 is 62.7. The maximum atomic E-state index is 10.5. The Labute approximate surface area is 152 Å². The highest BCUT2D eigenvalue weighted by Crippen LogP contribution is 2.02. The molecule has 0 fully saturated rings. The normalized spacial score (nSPS) is 23.1. The second-order valence-corrected chi connectivity index (χ2v) is 4.82. The molecule has 0 radical (unpaired) electrons. The van der Waals surface area contributed by atoms with Crippen molar-refractivity contribution in [1.82, 2.24) is 0 Å². The van der Waals surface area contributed by atoms with Gasteiger partial charge in [-0.05, 0) is 38.5 Å². The minimum absolute atomic E-state index is 0.00185. The number of allylic oxidation sites excluding steroid dienone is 6. The number of aliphatic carboxylic acids is 1. The van der Waals surface area contributed by atoms with Crippen LogP contribution in [0.25, 0.3) is 0 Å². The topological polar surface area (TPSA) is 57.5 Å². The largest absolute Gasteiger partial charge is 0.481 e. The van der Waals surface area contributed by atoms with Crippen molar-refractivity contribution >= 4 is 5.97 Å². The Morgan fingerprint density at radius 1 is 1.13 bits per heavy atom. The number of hydrogen-bond acceptors (Lipinski definition) is 2. The first-order chi connectivity index (χ1) is 14.3. The molecule has 0 bridgehead atoms. The molecule has 0 rings (SSSR count). The van der Waals surface area contributed by atoms with E-state index in [2.05, 4.69) is 0 Å². The average molecular weight is 329 g/mol. The minimum atomic E-state index is -2.60. The zero-order chi connectivity index (χ0) is 24.2. The van der Waals surface area contributed by atoms with Gasteiger partial charge in [-0.25, -0.2) is 0 Å². The molecule has 130 valence electrons. The Morgan fingerprint density at radius 3 is 2.61 bits per heavy atom. The fourth-order valence-corrected chi connectivity index (χ4v) is 1.49. The Kier molecular flexibility index (Phi) is 8.04. The van der Waals surface area contributed by atoms with E-state index in [9.17, 15) is 9.90 Å². The summed E-state index contributed by atoms with van der Waals surface area (Å²) in [5, 5.41) is 18.8. The van der Waals surface area contributed by atoms with Crippen LogP contribution in [0.4, 0.5) is 0 Å². The van der Waals surface area contributed by atoms with Crippen LogP contribution in [0.2, 0.25) is 0 Å². The summed E-state index contributed by atoms with van der Waals surface area (Å²) in [6, 6.07) is -2.21. The first-order valence-electron chi connectivity index (χ1n) is 11.9. The summed E-state index contributed by atoms with van der Waals surface area (Å²) in [4.78, 5) is 10.5. The first-order valence-corrected chi connectivity index (χ1v) is 7.91. The van der Waals surface area contributed by atoms with E-state index in [0.717, 1.165) is 25.3 Å². The highest BCUT2D eigenvalue weighted by molar-refractivity contribution is 5.66. The van der Waals surface area contributed by atoms with Crippen molar-refractivity contribution < 1.29 is 26.0 Å². The molecule has 1 atom stereocenters. The van der Waals surface area contributed by atoms with Gasteiger partial charge in [0.2, 0.25) is 0 Å². The molecule has 0 saturated carbocycles. The van der Waals surface area contributed by atoms with Crippen molar-refractivity contribution in [3.05, 3.63) is 48.4 Å². The minimum Gasteiger partial charge on any atom is -0.481 e. The van der Waals surface area contributed by atoms with E-state index >= 15 is 0 Å². The van der Waals surface area contributed by atoms with Crippen LogP contribution in [0.5, 0.6) is 0 Å². The van der Waals surface area contributed by atoms with Crippen LogP contribution in [0.1, 0.15) is 75.7 Å². The molecule has 0 aliphatic heterocycles. The fraction of sp³-hybridized carbons (Fsp3) is 0.550. The zero-order valence-electron chi connectivity index (χ0n) is 21.7. The predicted octanol–water partition coefficient (Wildman–Crippen LogP) is 5.19. The summed E-state index contributed by atoms with van der Waals surface area (Å²) in [5.41, 5.74) is 0. The Bertz CT molecular complexity index is 739. The van der Waals surface area contributed by atoms with Gasteiger partial charge in [0.1, 0.15) is 0 Å². The van der Waals surface area contributed by atoms with Gasteiger partial charge in [-0.3, -0.25) is 4.79 Å². The van der Waals surface area contributed by atoms with Crippen molar-refractivity contribution in [2.75, 3.05) is 0 Å². The van der Waals surface area contributed by atoms with Gasteiger partial charge in [-0.15, -0.1) is 0 Å². The third kappa shape index (κ3) is 18.3. The molecule has 0 aliphatic rings. The third-order valence-corrected chi connectivity index (χ3v) is 2.69. The van der Waals surface area contributed by atoms with Crippen LogP contribution < -0.4 is 0 Å². The van der Waals surface area contributed by atoms with E-state index in [0.29, 0.717) is 6.42 Å². The maximum Gasteiger partial charge on any atom is 0.303 e. The molecule has 2 N–H and O–H groups in total. The van der Waals surface area contributed by atoms with Crippen molar-refractivity contribution in [1.29, 1.82) is 0 Å². The molecule has 0 aromatic carbocycles. The van der Waals surface area contributed by atoms with E-state index in [-0.39, 0.29) is 49.9 Å². The predicted molar refractivity (Wildman–Crippen MR) is 97.4 cm³/mol. The van der Waals surface area contributed by atoms with E-state index in [1.165, 1.54) is 0 Å². The van der Waals surface area contributed by atoms with Gasteiger partial charge < -0.3 is 10.2 Å². The second kappa shape index (κ2) is 16.8. The smallest absolute Gasteiger partial charge is 0.303 e. The maximum absolute atomic E-state index is 10.5. The quantitative estimate of drug-likeness (QED) is 0.262. The van der Waals surface area contributed by atoms with E-state index in [1.54, 1.807) is 0 Å². The monoisotopic (exact) mass is 328 g/mol. The van der Waals surface area contributed by atoms with Crippen molar-refractivity contribution in [3.8, 4) is 0 Å². The molecule has 3 heteroatoms. The molecule has 0 heterocycles. The summed E-state index contributed by atoms with van der Waals surface area (Å²) in [5.74, 6) is -1.03. The summed E-state index contributed by atoms with van der Waals surface area (Å²) in [6.45, 7) is 2.02. The van der Waals surface area contributed by atoms with Crippen molar-refractivity contribution in [2.24, 2.45) is 0 Å². The van der Waals surface area contributed by atoms with E-state index in [4.69, 9.17) is 16.1 Å². The van der Waals surface area contributed by atoms with Crippen LogP contribution >= 0.6 is 0 Å². The molecule has 0 spiro atoms. The summed E-state index contributed by atoms with van der Waals surface area (Å²) in [7, 11) is 0. The molecule has 0 amide bonds. The van der Waals surface area contributed by atoms with Crippen molar-refractivity contribution in [3.63, 3.8) is 0 Å². The lowest BCUT2D eigenvalue weighted by Crippen LogP contribution is -1.98. The van der Waals surface area contributed by atoms with Gasteiger partial charge in [0.15, 0.2) is 0 Å². The van der Waals surface area contributed by atoms with Gasteiger partial charge in [0.25, 0.3) is 0 Å². The van der Waals surface area contributed by atoms with E-state index < -0.39 is 36.6 Å². The number of hydrogen-bond donors (Lipinski definition) is 2. The number of carboxylic acid groups (broad SMARTS) is 1. The standard InChI is InChI=1S/C20H32O3/c1-2-3-4-5-6-7-8-10-13-16-19(21)17-14-11-9-12-15-18-20(22)23/h6-7,9-11,13-14,17,19,21H,2-5,8,12,15-16,18H2,1H3,(H,22,23)/b7-6-,11-9-,13-10-,17-14+/t19-/m0/s1/i6D,7D,9D,10D,11D,13D,17D,19D. The fourth-order valence-electron chi connectivity index (χ4n) is 1.49. The average Bonchev–Trinajstić information content (AvgIpc) is 2.66. The lowest BCUT2D eigenvalue weighted by molar-refractivity contribution is -0.137. The highest BCUT2D eigenvalue weighted by atomic mass is 16.4. The number of carbonyl (C=O) groups is 1. The van der Waals surface area contributed by atoms with Gasteiger partial charge in [-0.1, -0.05) is 68.2 Å². The number of carboxylic acids is 1. The van der Waals surface area contributed by atoms with Crippen LogP contribution in [0.3, 0.4) is 0 Å². The summed E-state index contributed by atoms with van der Waals surface area (Å²) in [6.07, 6.45) is 0.270. The van der Waals surface area contributed by atoms with Crippen LogP contribution in [0, 0.1) is 0 Å². The second-order valence-electron chi connectivity index (χ2n) is 4.82. The third-order valence-electron chi connectivity index (χ3n) is 2.69. The SMILES string of the molecule is [2H]C(/C=C(\[2H])[C@@]([2H])(O)C/C([2H])=C(/[2H])C/C([2H])=C(/[2H])CCCCC)=C(\[2H])CCCC(=O)O. The molecule has 0 unspecified atom stereocenters. The van der Waals surface area contributed by atoms with Crippen LogP contribution in [-0.2, 0) is 4.79 Å². The van der Waals surface area contributed by atoms with Gasteiger partial charge in [0.05, 0.1) is 17.0 Å². The van der Waals surface area contributed by atoms with Gasteiger partial charge in [0, 0.05) is 6.42 Å². The Hall–Kier alpha value is -1.61. The van der Waals surface area contributed by atoms with Crippen LogP contribution in [0.15, 0.2) is 48.4 Å². The molecule has 23 heavy (non-hydrogen) atoms. The number of aliphatic hydroxyl groups is 1. The van der Waals surface area contributed by atoms with E-state index in [1.807, 2.05) is 6.92 Å². The molecule has 3 nitrogen and oxygen atoms in total. The summed E-state index contributed by atoms with van der Waals surface area (Å²) >= 11 is 0. The zero-order valence-corrected chi connectivity index (χ0v) is 13.7.